The number of halogens is 2. The van der Waals surface area contributed by atoms with Gasteiger partial charge in [0.2, 0.25) is 0 Å². The Kier molecular flexibility index (Phi) is 3.75. The molecule has 0 bridgehead atoms. The Hall–Kier alpha value is -0.990. The van der Waals surface area contributed by atoms with E-state index in [1.54, 1.807) is 4.68 Å². The first-order chi connectivity index (χ1) is 8.08. The van der Waals surface area contributed by atoms with Crippen LogP contribution >= 0.6 is 23.2 Å². The van der Waals surface area contributed by atoms with Gasteiger partial charge in [-0.05, 0) is 30.5 Å². The molecule has 17 heavy (non-hydrogen) atoms. The molecule has 0 spiro atoms. The lowest BCUT2D eigenvalue weighted by Gasteiger charge is -2.05. The fourth-order valence-corrected chi connectivity index (χ4v) is 2.18. The normalized spacial score (nSPS) is 11.1. The summed E-state index contributed by atoms with van der Waals surface area (Å²) in [5.41, 5.74) is 1.80. The highest BCUT2D eigenvalue weighted by molar-refractivity contribution is 6.33. The van der Waals surface area contributed by atoms with Crippen molar-refractivity contribution in [3.05, 3.63) is 46.2 Å². The van der Waals surface area contributed by atoms with Crippen LogP contribution in [-0.4, -0.2) is 9.78 Å². The lowest BCUT2D eigenvalue weighted by Crippen LogP contribution is -2.00. The Labute approximate surface area is 111 Å². The van der Waals surface area contributed by atoms with Gasteiger partial charge < -0.3 is 0 Å². The molecular formula is C13H14Cl2N2. The first-order valence-electron chi connectivity index (χ1n) is 5.57. The lowest BCUT2D eigenvalue weighted by atomic mass is 10.1. The van der Waals surface area contributed by atoms with Gasteiger partial charge in [-0.25, -0.2) is 4.68 Å². The van der Waals surface area contributed by atoms with E-state index in [2.05, 4.69) is 18.9 Å². The van der Waals surface area contributed by atoms with E-state index in [0.29, 0.717) is 16.1 Å². The first-order valence-corrected chi connectivity index (χ1v) is 6.33. The summed E-state index contributed by atoms with van der Waals surface area (Å²) in [4.78, 5) is 0. The summed E-state index contributed by atoms with van der Waals surface area (Å²) in [7, 11) is 0. The summed E-state index contributed by atoms with van der Waals surface area (Å²) < 4.78 is 1.68. The Morgan fingerprint density at radius 3 is 2.59 bits per heavy atom. The van der Waals surface area contributed by atoms with Crippen LogP contribution in [0.4, 0.5) is 0 Å². The minimum Gasteiger partial charge on any atom is -0.220 e. The zero-order chi connectivity index (χ0) is 12.4. The molecule has 0 aliphatic heterocycles. The Balaban J connectivity index is 2.40. The molecule has 0 amide bonds. The number of hydrogen-bond acceptors (Lipinski definition) is 1. The molecule has 0 fully saturated rings. The SMILES string of the molecule is CC(C)Cc1cc(Cl)n(-c2ccccc2Cl)n1. The highest BCUT2D eigenvalue weighted by Crippen LogP contribution is 2.24. The third-order valence-corrected chi connectivity index (χ3v) is 3.00. The van der Waals surface area contributed by atoms with Crippen LogP contribution < -0.4 is 0 Å². The van der Waals surface area contributed by atoms with Gasteiger partial charge in [-0.1, -0.05) is 49.2 Å². The zero-order valence-corrected chi connectivity index (χ0v) is 11.3. The molecule has 90 valence electrons. The van der Waals surface area contributed by atoms with Crippen LogP contribution in [0.3, 0.4) is 0 Å². The molecule has 1 heterocycles. The fourth-order valence-electron chi connectivity index (χ4n) is 1.71. The maximum Gasteiger partial charge on any atom is 0.133 e. The number of benzene rings is 1. The molecule has 2 aromatic rings. The van der Waals surface area contributed by atoms with E-state index >= 15 is 0 Å². The molecule has 2 rings (SSSR count). The van der Waals surface area contributed by atoms with Gasteiger partial charge in [-0.3, -0.25) is 0 Å². The standard InChI is InChI=1S/C13H14Cl2N2/c1-9(2)7-10-8-13(15)17(16-10)12-6-4-3-5-11(12)14/h3-6,8-9H,7H2,1-2H3. The summed E-state index contributed by atoms with van der Waals surface area (Å²) >= 11 is 12.3. The van der Waals surface area contributed by atoms with Gasteiger partial charge in [0.05, 0.1) is 16.4 Å². The third-order valence-electron chi connectivity index (χ3n) is 2.41. The van der Waals surface area contributed by atoms with Crippen molar-refractivity contribution in [2.24, 2.45) is 5.92 Å². The summed E-state index contributed by atoms with van der Waals surface area (Å²) in [5.74, 6) is 0.556. The van der Waals surface area contributed by atoms with E-state index < -0.39 is 0 Å². The molecule has 0 radical (unpaired) electrons. The monoisotopic (exact) mass is 268 g/mol. The lowest BCUT2D eigenvalue weighted by molar-refractivity contribution is 0.628. The first kappa shape index (κ1) is 12.5. The largest absolute Gasteiger partial charge is 0.220 e. The number of para-hydroxylation sites is 1. The molecule has 1 aromatic heterocycles. The number of aromatic nitrogens is 2. The highest BCUT2D eigenvalue weighted by atomic mass is 35.5. The van der Waals surface area contributed by atoms with Gasteiger partial charge in [0.1, 0.15) is 5.15 Å². The van der Waals surface area contributed by atoms with Crippen LogP contribution in [0.15, 0.2) is 30.3 Å². The van der Waals surface area contributed by atoms with Crippen molar-refractivity contribution < 1.29 is 0 Å². The second-order valence-electron chi connectivity index (χ2n) is 4.42. The molecule has 0 N–H and O–H groups in total. The van der Waals surface area contributed by atoms with Crippen LogP contribution in [0.5, 0.6) is 0 Å². The number of nitrogens with zero attached hydrogens (tertiary/aromatic N) is 2. The van der Waals surface area contributed by atoms with Crippen LogP contribution in [0, 0.1) is 5.92 Å². The van der Waals surface area contributed by atoms with Gasteiger partial charge >= 0.3 is 0 Å². The molecule has 0 saturated carbocycles. The molecule has 1 aromatic carbocycles. The van der Waals surface area contributed by atoms with E-state index in [1.807, 2.05) is 30.3 Å². The maximum absolute atomic E-state index is 6.18. The van der Waals surface area contributed by atoms with E-state index in [1.165, 1.54) is 0 Å². The van der Waals surface area contributed by atoms with Crippen molar-refractivity contribution in [1.29, 1.82) is 0 Å². The average molecular weight is 269 g/mol. The highest BCUT2D eigenvalue weighted by Gasteiger charge is 2.11. The summed E-state index contributed by atoms with van der Waals surface area (Å²) in [5, 5.41) is 5.72. The van der Waals surface area contributed by atoms with Gasteiger partial charge in [0.25, 0.3) is 0 Å². The predicted octanol–water partition coefficient (Wildman–Crippen LogP) is 4.38. The minimum atomic E-state index is 0.556. The average Bonchev–Trinajstić information content (AvgIpc) is 2.59. The maximum atomic E-state index is 6.18. The molecular weight excluding hydrogens is 255 g/mol. The fraction of sp³-hybridized carbons (Fsp3) is 0.308. The smallest absolute Gasteiger partial charge is 0.133 e. The van der Waals surface area contributed by atoms with Crippen LogP contribution in [0.1, 0.15) is 19.5 Å². The molecule has 0 saturated heterocycles. The Morgan fingerprint density at radius 2 is 1.94 bits per heavy atom. The third kappa shape index (κ3) is 2.82. The van der Waals surface area contributed by atoms with Gasteiger partial charge in [0.15, 0.2) is 0 Å². The number of rotatable bonds is 3. The van der Waals surface area contributed by atoms with Crippen LogP contribution in [0.25, 0.3) is 5.69 Å². The molecule has 4 heteroatoms. The van der Waals surface area contributed by atoms with Crippen molar-refractivity contribution in [3.63, 3.8) is 0 Å². The van der Waals surface area contributed by atoms with E-state index in [4.69, 9.17) is 23.2 Å². The second-order valence-corrected chi connectivity index (χ2v) is 5.21. The zero-order valence-electron chi connectivity index (χ0n) is 9.82. The van der Waals surface area contributed by atoms with E-state index in [9.17, 15) is 0 Å². The molecule has 0 aliphatic carbocycles. The van der Waals surface area contributed by atoms with Crippen molar-refractivity contribution in [3.8, 4) is 5.69 Å². The summed E-state index contributed by atoms with van der Waals surface area (Å²) in [6.45, 7) is 4.31. The van der Waals surface area contributed by atoms with Crippen molar-refractivity contribution >= 4 is 23.2 Å². The molecule has 2 nitrogen and oxygen atoms in total. The molecule has 0 aliphatic rings. The van der Waals surface area contributed by atoms with Gasteiger partial charge in [0, 0.05) is 0 Å². The Morgan fingerprint density at radius 1 is 1.24 bits per heavy atom. The van der Waals surface area contributed by atoms with Gasteiger partial charge in [-0.2, -0.15) is 5.10 Å². The summed E-state index contributed by atoms with van der Waals surface area (Å²) in [6, 6.07) is 9.43. The van der Waals surface area contributed by atoms with Crippen molar-refractivity contribution in [1.82, 2.24) is 9.78 Å². The quantitative estimate of drug-likeness (QED) is 0.808. The van der Waals surface area contributed by atoms with Crippen LogP contribution in [-0.2, 0) is 6.42 Å². The van der Waals surface area contributed by atoms with E-state index in [-0.39, 0.29) is 0 Å². The number of hydrogen-bond donors (Lipinski definition) is 0. The van der Waals surface area contributed by atoms with Crippen molar-refractivity contribution in [2.45, 2.75) is 20.3 Å². The molecule has 0 atom stereocenters. The van der Waals surface area contributed by atoms with E-state index in [0.717, 1.165) is 17.8 Å². The predicted molar refractivity (Wildman–Crippen MR) is 72.1 cm³/mol. The minimum absolute atomic E-state index is 0.556. The van der Waals surface area contributed by atoms with Gasteiger partial charge in [-0.15, -0.1) is 0 Å². The summed E-state index contributed by atoms with van der Waals surface area (Å²) in [6.07, 6.45) is 0.914. The van der Waals surface area contributed by atoms with Crippen molar-refractivity contribution in [2.75, 3.05) is 0 Å². The Bertz CT molecular complexity index is 518. The topological polar surface area (TPSA) is 17.8 Å². The van der Waals surface area contributed by atoms with Crippen LogP contribution in [0.2, 0.25) is 10.2 Å². The second kappa shape index (κ2) is 5.11. The molecule has 0 unspecified atom stereocenters.